The minimum atomic E-state index is -0.904. The standard InChI is InChI=1S/C19H16ClN3O3/c20-12-8-9-14-16(11-12)23(13-5-2-1-3-6-13)19(26)21-17(14)22-10-4-7-15(22)18(24)25/h1-3,5-6,8-9,11,15H,4,7,10H2,(H,24,25)/t15-/m1/s1. The van der Waals surface area contributed by atoms with E-state index in [0.717, 1.165) is 6.42 Å². The monoisotopic (exact) mass is 369 g/mol. The zero-order valence-electron chi connectivity index (χ0n) is 13.8. The van der Waals surface area contributed by atoms with Crippen LogP contribution in [-0.2, 0) is 4.79 Å². The molecule has 1 N–H and O–H groups in total. The second kappa shape index (κ2) is 6.46. The summed E-state index contributed by atoms with van der Waals surface area (Å²) < 4.78 is 1.50. The second-order valence-electron chi connectivity index (χ2n) is 6.24. The van der Waals surface area contributed by atoms with Crippen molar-refractivity contribution in [1.82, 2.24) is 9.55 Å². The van der Waals surface area contributed by atoms with Crippen molar-refractivity contribution in [2.75, 3.05) is 11.4 Å². The summed E-state index contributed by atoms with van der Waals surface area (Å²) in [6.07, 6.45) is 1.28. The zero-order chi connectivity index (χ0) is 18.3. The van der Waals surface area contributed by atoms with Gasteiger partial charge in [0, 0.05) is 17.0 Å². The Morgan fingerprint density at radius 2 is 1.96 bits per heavy atom. The van der Waals surface area contributed by atoms with Crippen molar-refractivity contribution in [2.24, 2.45) is 0 Å². The number of rotatable bonds is 3. The highest BCUT2D eigenvalue weighted by molar-refractivity contribution is 6.31. The minimum absolute atomic E-state index is 0.402. The number of hydrogen-bond acceptors (Lipinski definition) is 4. The van der Waals surface area contributed by atoms with Gasteiger partial charge in [0.2, 0.25) is 0 Å². The molecule has 0 unspecified atom stereocenters. The SMILES string of the molecule is O=C(O)[C@H]1CCCN1c1nc(=O)n(-c2ccccc2)c2cc(Cl)ccc12. The lowest BCUT2D eigenvalue weighted by Crippen LogP contribution is -2.38. The number of carboxylic acid groups (broad SMARTS) is 1. The molecule has 3 aromatic rings. The summed E-state index contributed by atoms with van der Waals surface area (Å²) in [5.41, 5.74) is 0.826. The van der Waals surface area contributed by atoms with E-state index in [1.807, 2.05) is 30.3 Å². The van der Waals surface area contributed by atoms with Crippen LogP contribution in [0.1, 0.15) is 12.8 Å². The fourth-order valence-electron chi connectivity index (χ4n) is 3.51. The molecule has 1 aromatic heterocycles. The molecule has 1 atom stereocenters. The number of fused-ring (bicyclic) bond motifs is 1. The molecular weight excluding hydrogens is 354 g/mol. The van der Waals surface area contributed by atoms with E-state index < -0.39 is 17.7 Å². The lowest BCUT2D eigenvalue weighted by Gasteiger charge is -2.24. The molecule has 0 saturated carbocycles. The summed E-state index contributed by atoms with van der Waals surface area (Å²) in [6, 6.07) is 13.7. The third-order valence-electron chi connectivity index (χ3n) is 4.66. The zero-order valence-corrected chi connectivity index (χ0v) is 14.6. The van der Waals surface area contributed by atoms with E-state index in [0.29, 0.717) is 40.4 Å². The molecule has 1 fully saturated rings. The molecule has 1 aliphatic rings. The van der Waals surface area contributed by atoms with Gasteiger partial charge in [-0.05, 0) is 43.2 Å². The summed E-state index contributed by atoms with van der Waals surface area (Å²) in [7, 11) is 0. The van der Waals surface area contributed by atoms with Gasteiger partial charge in [-0.25, -0.2) is 9.59 Å². The van der Waals surface area contributed by atoms with Crippen molar-refractivity contribution in [3.63, 3.8) is 0 Å². The average molecular weight is 370 g/mol. The third kappa shape index (κ3) is 2.72. The number of halogens is 1. The summed E-state index contributed by atoms with van der Waals surface area (Å²) in [5.74, 6) is -0.502. The van der Waals surface area contributed by atoms with Gasteiger partial charge in [0.25, 0.3) is 0 Å². The topological polar surface area (TPSA) is 75.4 Å². The minimum Gasteiger partial charge on any atom is -0.480 e. The van der Waals surface area contributed by atoms with Crippen LogP contribution in [0, 0.1) is 0 Å². The molecule has 26 heavy (non-hydrogen) atoms. The summed E-state index contributed by atoms with van der Waals surface area (Å²) in [6.45, 7) is 0.552. The maximum atomic E-state index is 12.8. The Balaban J connectivity index is 2.01. The molecule has 2 heterocycles. The molecule has 0 radical (unpaired) electrons. The third-order valence-corrected chi connectivity index (χ3v) is 4.89. The van der Waals surface area contributed by atoms with E-state index >= 15 is 0 Å². The maximum Gasteiger partial charge on any atom is 0.354 e. The van der Waals surface area contributed by atoms with Gasteiger partial charge in [-0.15, -0.1) is 0 Å². The lowest BCUT2D eigenvalue weighted by molar-refractivity contribution is -0.138. The Hall–Kier alpha value is -2.86. The van der Waals surface area contributed by atoms with E-state index in [1.54, 1.807) is 23.1 Å². The Labute approximate surface area is 154 Å². The highest BCUT2D eigenvalue weighted by Gasteiger charge is 2.33. The number of nitrogens with zero attached hydrogens (tertiary/aromatic N) is 3. The van der Waals surface area contributed by atoms with Crippen LogP contribution in [0.15, 0.2) is 53.3 Å². The van der Waals surface area contributed by atoms with Crippen LogP contribution in [0.2, 0.25) is 5.02 Å². The van der Waals surface area contributed by atoms with Gasteiger partial charge in [0.1, 0.15) is 11.9 Å². The molecule has 4 rings (SSSR count). The number of aliphatic carboxylic acids is 1. The number of para-hydroxylation sites is 1. The summed E-state index contributed by atoms with van der Waals surface area (Å²) in [5, 5.41) is 10.7. The average Bonchev–Trinajstić information content (AvgIpc) is 3.11. The smallest absolute Gasteiger partial charge is 0.354 e. The van der Waals surface area contributed by atoms with Gasteiger partial charge in [0.05, 0.1) is 11.2 Å². The van der Waals surface area contributed by atoms with E-state index in [4.69, 9.17) is 11.6 Å². The van der Waals surface area contributed by atoms with Crippen molar-refractivity contribution >= 4 is 34.3 Å². The molecule has 2 aromatic carbocycles. The van der Waals surface area contributed by atoms with Crippen molar-refractivity contribution in [3.8, 4) is 5.69 Å². The van der Waals surface area contributed by atoms with Crippen molar-refractivity contribution < 1.29 is 9.90 Å². The molecule has 1 saturated heterocycles. The summed E-state index contributed by atoms with van der Waals surface area (Å²) in [4.78, 5) is 30.4. The molecule has 0 amide bonds. The second-order valence-corrected chi connectivity index (χ2v) is 6.68. The predicted octanol–water partition coefficient (Wildman–Crippen LogP) is 3.09. The van der Waals surface area contributed by atoms with Crippen molar-refractivity contribution in [2.45, 2.75) is 18.9 Å². The Bertz CT molecular complexity index is 1050. The van der Waals surface area contributed by atoms with Gasteiger partial charge in [-0.2, -0.15) is 4.98 Å². The molecule has 0 spiro atoms. The Morgan fingerprint density at radius 3 is 2.69 bits per heavy atom. The normalized spacial score (nSPS) is 17.0. The first-order chi connectivity index (χ1) is 12.6. The molecule has 7 heteroatoms. The Kier molecular flexibility index (Phi) is 4.12. The number of carbonyl (C=O) groups is 1. The van der Waals surface area contributed by atoms with Crippen molar-refractivity contribution in [3.05, 3.63) is 64.0 Å². The van der Waals surface area contributed by atoms with Crippen molar-refractivity contribution in [1.29, 1.82) is 0 Å². The van der Waals surface area contributed by atoms with Crippen LogP contribution >= 0.6 is 11.6 Å². The molecule has 1 aliphatic heterocycles. The number of benzene rings is 2. The molecular formula is C19H16ClN3O3. The summed E-state index contributed by atoms with van der Waals surface area (Å²) >= 11 is 6.18. The van der Waals surface area contributed by atoms with E-state index in [2.05, 4.69) is 4.98 Å². The van der Waals surface area contributed by atoms with Crippen LogP contribution < -0.4 is 10.6 Å². The van der Waals surface area contributed by atoms with Gasteiger partial charge >= 0.3 is 11.7 Å². The van der Waals surface area contributed by atoms with Crippen LogP contribution in [0.4, 0.5) is 5.82 Å². The van der Waals surface area contributed by atoms with Crippen LogP contribution in [0.3, 0.4) is 0 Å². The van der Waals surface area contributed by atoms with Crippen LogP contribution in [0.25, 0.3) is 16.6 Å². The lowest BCUT2D eigenvalue weighted by atomic mass is 10.2. The predicted molar refractivity (Wildman–Crippen MR) is 100 cm³/mol. The first-order valence-corrected chi connectivity index (χ1v) is 8.71. The van der Waals surface area contributed by atoms with Gasteiger partial charge in [0.15, 0.2) is 0 Å². The molecule has 0 aliphatic carbocycles. The van der Waals surface area contributed by atoms with Gasteiger partial charge in [-0.1, -0.05) is 29.8 Å². The Morgan fingerprint density at radius 1 is 1.19 bits per heavy atom. The maximum absolute atomic E-state index is 12.8. The number of anilines is 1. The van der Waals surface area contributed by atoms with E-state index in [1.165, 1.54) is 4.57 Å². The van der Waals surface area contributed by atoms with E-state index in [9.17, 15) is 14.7 Å². The number of aromatic nitrogens is 2. The highest BCUT2D eigenvalue weighted by atomic mass is 35.5. The molecule has 6 nitrogen and oxygen atoms in total. The van der Waals surface area contributed by atoms with Gasteiger partial charge < -0.3 is 10.0 Å². The fourth-order valence-corrected chi connectivity index (χ4v) is 3.67. The van der Waals surface area contributed by atoms with E-state index in [-0.39, 0.29) is 0 Å². The largest absolute Gasteiger partial charge is 0.480 e. The highest BCUT2D eigenvalue weighted by Crippen LogP contribution is 2.31. The quantitative estimate of drug-likeness (QED) is 0.767. The molecule has 0 bridgehead atoms. The first-order valence-electron chi connectivity index (χ1n) is 8.33. The number of hydrogen-bond donors (Lipinski definition) is 1. The molecule has 132 valence electrons. The van der Waals surface area contributed by atoms with Crippen LogP contribution in [-0.4, -0.2) is 33.2 Å². The van der Waals surface area contributed by atoms with Gasteiger partial charge in [-0.3, -0.25) is 4.57 Å². The van der Waals surface area contributed by atoms with Crippen LogP contribution in [0.5, 0.6) is 0 Å². The fraction of sp³-hybridized carbons (Fsp3) is 0.211. The number of carboxylic acids is 1. The first kappa shape index (κ1) is 16.6.